The number of esters is 1. The first-order valence-corrected chi connectivity index (χ1v) is 5.10. The molecule has 0 saturated carbocycles. The molecule has 0 aliphatic carbocycles. The van der Waals surface area contributed by atoms with Gasteiger partial charge in [0, 0.05) is 6.42 Å². The number of halogens is 11. The predicted octanol–water partition coefficient (Wildman–Crippen LogP) is 4.04. The van der Waals surface area contributed by atoms with Gasteiger partial charge in [-0.25, -0.2) is 0 Å². The monoisotopic (exact) mass is 356 g/mol. The van der Waals surface area contributed by atoms with E-state index in [0.717, 1.165) is 0 Å². The second-order valence-electron chi connectivity index (χ2n) is 4.00. The molecule has 0 spiro atoms. The summed E-state index contributed by atoms with van der Waals surface area (Å²) in [5.41, 5.74) is 0. The highest BCUT2D eigenvalue weighted by Crippen LogP contribution is 2.58. The maximum absolute atomic E-state index is 13.0. The maximum Gasteiger partial charge on any atom is 0.460 e. The molecule has 0 saturated heterocycles. The number of hydrogen-bond donors (Lipinski definition) is 0. The highest BCUT2D eigenvalue weighted by molar-refractivity contribution is 5.69. The van der Waals surface area contributed by atoms with Crippen LogP contribution in [0.5, 0.6) is 0 Å². The predicted molar refractivity (Wildman–Crippen MR) is 47.1 cm³/mol. The van der Waals surface area contributed by atoms with Crippen LogP contribution in [0.2, 0.25) is 0 Å². The molecule has 0 heterocycles. The van der Waals surface area contributed by atoms with E-state index in [9.17, 15) is 53.1 Å². The minimum Gasteiger partial charge on any atom is -0.469 e. The van der Waals surface area contributed by atoms with Crippen LogP contribution in [0.1, 0.15) is 12.8 Å². The molecule has 13 heteroatoms. The molecule has 132 valence electrons. The van der Waals surface area contributed by atoms with Gasteiger partial charge in [-0.05, 0) is 0 Å². The summed E-state index contributed by atoms with van der Waals surface area (Å²) in [6.07, 6.45) is -11.2. The number of ether oxygens (including phenoxy) is 1. The van der Waals surface area contributed by atoms with Crippen LogP contribution in [-0.2, 0) is 9.53 Å². The summed E-state index contributed by atoms with van der Waals surface area (Å²) in [7, 11) is 0.616. The third-order valence-electron chi connectivity index (χ3n) is 2.47. The zero-order valence-electron chi connectivity index (χ0n) is 10.4. The molecule has 0 fully saturated rings. The largest absolute Gasteiger partial charge is 0.469 e. The van der Waals surface area contributed by atoms with E-state index in [4.69, 9.17) is 0 Å². The second-order valence-corrected chi connectivity index (χ2v) is 4.00. The van der Waals surface area contributed by atoms with Gasteiger partial charge in [0.2, 0.25) is 0 Å². The van der Waals surface area contributed by atoms with Crippen molar-refractivity contribution in [2.75, 3.05) is 7.11 Å². The highest BCUT2D eigenvalue weighted by atomic mass is 19.4. The average Bonchev–Trinajstić information content (AvgIpc) is 2.33. The van der Waals surface area contributed by atoms with E-state index in [0.29, 0.717) is 7.11 Å². The second kappa shape index (κ2) is 5.72. The quantitative estimate of drug-likeness (QED) is 0.530. The summed E-state index contributed by atoms with van der Waals surface area (Å²) in [4.78, 5) is 10.5. The molecular weight excluding hydrogens is 349 g/mol. The molecule has 0 atom stereocenters. The molecule has 0 aromatic heterocycles. The zero-order chi connectivity index (χ0) is 18.2. The smallest absolute Gasteiger partial charge is 0.460 e. The van der Waals surface area contributed by atoms with Gasteiger partial charge in [-0.1, -0.05) is 0 Å². The fourth-order valence-electron chi connectivity index (χ4n) is 1.12. The van der Waals surface area contributed by atoms with E-state index < -0.39 is 48.7 Å². The summed E-state index contributed by atoms with van der Waals surface area (Å²) in [6.45, 7) is 0. The molecule has 0 aliphatic rings. The molecule has 0 aromatic rings. The van der Waals surface area contributed by atoms with Crippen LogP contribution in [0.15, 0.2) is 0 Å². The van der Waals surface area contributed by atoms with Gasteiger partial charge < -0.3 is 4.74 Å². The van der Waals surface area contributed by atoms with Crippen LogP contribution in [-0.4, -0.2) is 42.9 Å². The Morgan fingerprint density at radius 1 is 0.773 bits per heavy atom. The Morgan fingerprint density at radius 3 is 1.50 bits per heavy atom. The van der Waals surface area contributed by atoms with E-state index >= 15 is 0 Å². The minimum absolute atomic E-state index is 0.616. The molecule has 22 heavy (non-hydrogen) atoms. The Labute approximate surface area is 115 Å². The van der Waals surface area contributed by atoms with Crippen molar-refractivity contribution in [2.24, 2.45) is 0 Å². The first-order valence-electron chi connectivity index (χ1n) is 5.10. The number of carbonyl (C=O) groups excluding carboxylic acids is 1. The molecular formula is C9H7F11O2. The van der Waals surface area contributed by atoms with E-state index in [1.807, 2.05) is 0 Å². The van der Waals surface area contributed by atoms with Crippen LogP contribution in [0.3, 0.4) is 0 Å². The van der Waals surface area contributed by atoms with Crippen LogP contribution >= 0.6 is 0 Å². The SMILES string of the molecule is COC(=O)CCC(F)(F)C(F)(F)C(F)(F)C(F)(F)C(F)(F)F. The number of methoxy groups -OCH3 is 1. The number of rotatable bonds is 6. The summed E-state index contributed by atoms with van der Waals surface area (Å²) in [6, 6.07) is 0. The van der Waals surface area contributed by atoms with E-state index in [1.54, 1.807) is 0 Å². The van der Waals surface area contributed by atoms with E-state index in [1.165, 1.54) is 0 Å². The van der Waals surface area contributed by atoms with Crippen LogP contribution in [0.4, 0.5) is 48.3 Å². The number of alkyl halides is 11. The van der Waals surface area contributed by atoms with Crippen molar-refractivity contribution >= 4 is 5.97 Å². The highest BCUT2D eigenvalue weighted by Gasteiger charge is 2.86. The Morgan fingerprint density at radius 2 is 1.18 bits per heavy atom. The van der Waals surface area contributed by atoms with Gasteiger partial charge in [-0.15, -0.1) is 0 Å². The number of hydrogen-bond acceptors (Lipinski definition) is 2. The first-order chi connectivity index (χ1) is 9.45. The fourth-order valence-corrected chi connectivity index (χ4v) is 1.12. The van der Waals surface area contributed by atoms with Crippen LogP contribution in [0, 0.1) is 0 Å². The molecule has 0 aromatic carbocycles. The van der Waals surface area contributed by atoms with Crippen molar-refractivity contribution in [1.29, 1.82) is 0 Å². The van der Waals surface area contributed by atoms with E-state index in [2.05, 4.69) is 4.74 Å². The normalized spacial score (nSPS) is 14.9. The van der Waals surface area contributed by atoms with Gasteiger partial charge >= 0.3 is 35.8 Å². The first kappa shape index (κ1) is 20.7. The van der Waals surface area contributed by atoms with Crippen molar-refractivity contribution in [3.8, 4) is 0 Å². The molecule has 0 unspecified atom stereocenters. The summed E-state index contributed by atoms with van der Waals surface area (Å²) in [5, 5.41) is 0. The van der Waals surface area contributed by atoms with Crippen molar-refractivity contribution in [2.45, 2.75) is 42.7 Å². The lowest BCUT2D eigenvalue weighted by Gasteiger charge is -2.37. The Balaban J connectivity index is 5.64. The zero-order valence-corrected chi connectivity index (χ0v) is 10.4. The Hall–Kier alpha value is -1.30. The topological polar surface area (TPSA) is 26.3 Å². The van der Waals surface area contributed by atoms with Gasteiger partial charge in [0.05, 0.1) is 13.5 Å². The molecule has 2 nitrogen and oxygen atoms in total. The minimum atomic E-state index is -7.45. The van der Waals surface area contributed by atoms with Gasteiger partial charge in [-0.2, -0.15) is 48.3 Å². The third kappa shape index (κ3) is 3.21. The van der Waals surface area contributed by atoms with Gasteiger partial charge in [0.15, 0.2) is 0 Å². The lowest BCUT2D eigenvalue weighted by atomic mass is 9.95. The Bertz CT molecular complexity index is 412. The van der Waals surface area contributed by atoms with Gasteiger partial charge in [-0.3, -0.25) is 4.79 Å². The van der Waals surface area contributed by atoms with Gasteiger partial charge in [0.1, 0.15) is 0 Å². The molecule has 0 aliphatic heterocycles. The van der Waals surface area contributed by atoms with Crippen molar-refractivity contribution in [3.05, 3.63) is 0 Å². The van der Waals surface area contributed by atoms with Crippen molar-refractivity contribution in [1.82, 2.24) is 0 Å². The van der Waals surface area contributed by atoms with Crippen molar-refractivity contribution < 1.29 is 57.8 Å². The fraction of sp³-hybridized carbons (Fsp3) is 0.889. The van der Waals surface area contributed by atoms with Crippen molar-refractivity contribution in [3.63, 3.8) is 0 Å². The van der Waals surface area contributed by atoms with E-state index in [-0.39, 0.29) is 0 Å². The number of carbonyl (C=O) groups is 1. The average molecular weight is 356 g/mol. The van der Waals surface area contributed by atoms with Crippen LogP contribution in [0.25, 0.3) is 0 Å². The standard InChI is InChI=1S/C9H7F11O2/c1-22-4(21)2-3-5(10,11)6(12,13)7(14,15)8(16,17)9(18,19)20/h2-3H2,1H3. The summed E-state index contributed by atoms with van der Waals surface area (Å²) in [5.74, 6) is -29.6. The summed E-state index contributed by atoms with van der Waals surface area (Å²) < 4.78 is 141. The lowest BCUT2D eigenvalue weighted by molar-refractivity contribution is -0.422. The molecule has 0 amide bonds. The molecule has 0 N–H and O–H groups in total. The molecule has 0 rings (SSSR count). The Kier molecular flexibility index (Phi) is 5.38. The maximum atomic E-state index is 13.0. The van der Waals surface area contributed by atoms with Gasteiger partial charge in [0.25, 0.3) is 0 Å². The molecule has 0 radical (unpaired) electrons. The van der Waals surface area contributed by atoms with Crippen LogP contribution < -0.4 is 0 Å². The summed E-state index contributed by atoms with van der Waals surface area (Å²) >= 11 is 0. The third-order valence-corrected chi connectivity index (χ3v) is 2.47. The lowest BCUT2D eigenvalue weighted by Crippen LogP contribution is -2.66. The molecule has 0 bridgehead atoms.